The molecule has 1 aliphatic rings. The fourth-order valence-corrected chi connectivity index (χ4v) is 2.38. The maximum atomic E-state index is 11.8. The highest BCUT2D eigenvalue weighted by Gasteiger charge is 2.26. The standard InChI is InChI=1S/C14H24N2O4/c1-2-3-4-12(9-17)16-14(20)15-11-7-5-10(6-8-11)13(18)19/h2-3,10-12,17H,4-9H2,1H3,(H,18,19)(H2,15,16,20)/b3-2+. The van der Waals surface area contributed by atoms with Crippen LogP contribution in [0, 0.1) is 5.92 Å². The first-order valence-electron chi connectivity index (χ1n) is 7.08. The van der Waals surface area contributed by atoms with Crippen LogP contribution in [0.4, 0.5) is 4.79 Å². The number of aliphatic hydroxyl groups excluding tert-OH is 1. The van der Waals surface area contributed by atoms with Crippen LogP contribution in [0.25, 0.3) is 0 Å². The molecule has 6 nitrogen and oxygen atoms in total. The summed E-state index contributed by atoms with van der Waals surface area (Å²) in [5, 5.41) is 23.6. The summed E-state index contributed by atoms with van der Waals surface area (Å²) in [4.78, 5) is 22.6. The van der Waals surface area contributed by atoms with E-state index in [1.54, 1.807) is 0 Å². The SMILES string of the molecule is C/C=C/CC(CO)NC(=O)NC1CCC(C(=O)O)CC1. The zero-order chi connectivity index (χ0) is 15.0. The molecule has 1 unspecified atom stereocenters. The van der Waals surface area contributed by atoms with E-state index in [2.05, 4.69) is 10.6 Å². The Kier molecular flexibility index (Phi) is 7.08. The van der Waals surface area contributed by atoms with Crippen molar-refractivity contribution in [3.05, 3.63) is 12.2 Å². The molecule has 2 amide bonds. The highest BCUT2D eigenvalue weighted by atomic mass is 16.4. The van der Waals surface area contributed by atoms with Gasteiger partial charge in [-0.1, -0.05) is 12.2 Å². The molecule has 0 saturated heterocycles. The van der Waals surface area contributed by atoms with E-state index in [1.165, 1.54) is 0 Å². The van der Waals surface area contributed by atoms with Crippen LogP contribution in [0.2, 0.25) is 0 Å². The molecule has 0 aromatic heterocycles. The predicted molar refractivity (Wildman–Crippen MR) is 75.4 cm³/mol. The predicted octanol–water partition coefficient (Wildman–Crippen LogP) is 1.26. The minimum Gasteiger partial charge on any atom is -0.481 e. The number of aliphatic carboxylic acids is 1. The second kappa shape index (κ2) is 8.58. The quantitative estimate of drug-likeness (QED) is 0.552. The molecule has 1 saturated carbocycles. The van der Waals surface area contributed by atoms with Gasteiger partial charge in [-0.3, -0.25) is 4.79 Å². The molecular weight excluding hydrogens is 260 g/mol. The van der Waals surface area contributed by atoms with Crippen molar-refractivity contribution in [3.8, 4) is 0 Å². The van der Waals surface area contributed by atoms with E-state index in [-0.39, 0.29) is 30.6 Å². The minimum absolute atomic E-state index is 0.0201. The van der Waals surface area contributed by atoms with Gasteiger partial charge in [0.05, 0.1) is 18.6 Å². The van der Waals surface area contributed by atoms with Crippen molar-refractivity contribution in [2.24, 2.45) is 5.92 Å². The van der Waals surface area contributed by atoms with E-state index in [0.29, 0.717) is 32.1 Å². The van der Waals surface area contributed by atoms with Crippen LogP contribution in [0.5, 0.6) is 0 Å². The van der Waals surface area contributed by atoms with Crippen molar-refractivity contribution in [2.45, 2.75) is 51.1 Å². The van der Waals surface area contributed by atoms with Gasteiger partial charge in [0.15, 0.2) is 0 Å². The third kappa shape index (κ3) is 5.61. The zero-order valence-electron chi connectivity index (χ0n) is 11.8. The van der Waals surface area contributed by atoms with Crippen molar-refractivity contribution < 1.29 is 19.8 Å². The third-order valence-corrected chi connectivity index (χ3v) is 3.62. The molecule has 0 heterocycles. The lowest BCUT2D eigenvalue weighted by atomic mass is 9.86. The van der Waals surface area contributed by atoms with Crippen LogP contribution in [0.15, 0.2) is 12.2 Å². The summed E-state index contributed by atoms with van der Waals surface area (Å²) in [5.74, 6) is -1.03. The minimum atomic E-state index is -0.750. The number of amides is 2. The zero-order valence-corrected chi connectivity index (χ0v) is 11.8. The molecule has 0 radical (unpaired) electrons. The lowest BCUT2D eigenvalue weighted by Gasteiger charge is -2.27. The Balaban J connectivity index is 2.30. The van der Waals surface area contributed by atoms with Crippen LogP contribution in [0.1, 0.15) is 39.0 Å². The van der Waals surface area contributed by atoms with Crippen LogP contribution < -0.4 is 10.6 Å². The number of carboxylic acids is 1. The highest BCUT2D eigenvalue weighted by Crippen LogP contribution is 2.24. The number of allylic oxidation sites excluding steroid dienone is 1. The number of carboxylic acid groups (broad SMARTS) is 1. The van der Waals surface area contributed by atoms with Crippen molar-refractivity contribution in [1.29, 1.82) is 0 Å². The first-order chi connectivity index (χ1) is 9.56. The molecule has 0 aromatic rings. The molecule has 0 bridgehead atoms. The average molecular weight is 284 g/mol. The van der Waals surface area contributed by atoms with Crippen LogP contribution >= 0.6 is 0 Å². The van der Waals surface area contributed by atoms with Gasteiger partial charge in [-0.15, -0.1) is 0 Å². The summed E-state index contributed by atoms with van der Waals surface area (Å²) in [7, 11) is 0. The second-order valence-electron chi connectivity index (χ2n) is 5.19. The maximum Gasteiger partial charge on any atom is 0.315 e. The molecule has 1 fully saturated rings. The fourth-order valence-electron chi connectivity index (χ4n) is 2.38. The van der Waals surface area contributed by atoms with E-state index in [9.17, 15) is 9.59 Å². The number of urea groups is 1. The third-order valence-electron chi connectivity index (χ3n) is 3.62. The molecule has 0 aliphatic heterocycles. The van der Waals surface area contributed by atoms with Gasteiger partial charge in [-0.25, -0.2) is 4.79 Å². The van der Waals surface area contributed by atoms with Gasteiger partial charge in [-0.05, 0) is 39.0 Å². The van der Waals surface area contributed by atoms with Crippen molar-refractivity contribution in [3.63, 3.8) is 0 Å². The van der Waals surface area contributed by atoms with Gasteiger partial charge >= 0.3 is 12.0 Å². The Hall–Kier alpha value is -1.56. The van der Waals surface area contributed by atoms with Gasteiger partial charge in [0.25, 0.3) is 0 Å². The molecule has 0 spiro atoms. The Bertz CT molecular complexity index is 349. The summed E-state index contributed by atoms with van der Waals surface area (Å²) in [6.45, 7) is 1.78. The summed E-state index contributed by atoms with van der Waals surface area (Å²) in [6.07, 6.45) is 6.91. The molecular formula is C14H24N2O4. The van der Waals surface area contributed by atoms with Gasteiger partial charge in [-0.2, -0.15) is 0 Å². The number of nitrogens with one attached hydrogen (secondary N) is 2. The molecule has 0 aromatic carbocycles. The summed E-state index contributed by atoms with van der Waals surface area (Å²) in [5.41, 5.74) is 0. The van der Waals surface area contributed by atoms with E-state index in [4.69, 9.17) is 10.2 Å². The van der Waals surface area contributed by atoms with E-state index >= 15 is 0 Å². The normalized spacial score (nSPS) is 24.3. The number of carbonyl (C=O) groups excluding carboxylic acids is 1. The number of rotatable bonds is 6. The molecule has 20 heavy (non-hydrogen) atoms. The first-order valence-corrected chi connectivity index (χ1v) is 7.08. The van der Waals surface area contributed by atoms with Gasteiger partial charge in [0.1, 0.15) is 0 Å². The number of aliphatic hydroxyl groups is 1. The van der Waals surface area contributed by atoms with E-state index in [1.807, 2.05) is 19.1 Å². The number of hydrogen-bond donors (Lipinski definition) is 4. The van der Waals surface area contributed by atoms with Gasteiger partial charge in [0.2, 0.25) is 0 Å². The molecule has 114 valence electrons. The molecule has 1 atom stereocenters. The molecule has 4 N–H and O–H groups in total. The summed E-state index contributed by atoms with van der Waals surface area (Å²) in [6, 6.07) is -0.569. The molecule has 1 aliphatic carbocycles. The topological polar surface area (TPSA) is 98.7 Å². The Morgan fingerprint density at radius 2 is 1.95 bits per heavy atom. The maximum absolute atomic E-state index is 11.8. The Morgan fingerprint density at radius 3 is 2.45 bits per heavy atom. The molecule has 6 heteroatoms. The Morgan fingerprint density at radius 1 is 1.30 bits per heavy atom. The Labute approximate surface area is 119 Å². The van der Waals surface area contributed by atoms with Crippen LogP contribution in [0.3, 0.4) is 0 Å². The van der Waals surface area contributed by atoms with E-state index < -0.39 is 5.97 Å². The number of hydrogen-bond acceptors (Lipinski definition) is 3. The van der Waals surface area contributed by atoms with Crippen LogP contribution in [-0.4, -0.2) is 40.9 Å². The average Bonchev–Trinajstić information content (AvgIpc) is 2.43. The second-order valence-corrected chi connectivity index (χ2v) is 5.19. The van der Waals surface area contributed by atoms with Crippen LogP contribution in [-0.2, 0) is 4.79 Å². The van der Waals surface area contributed by atoms with Crippen molar-refractivity contribution in [2.75, 3.05) is 6.61 Å². The summed E-state index contributed by atoms with van der Waals surface area (Å²) >= 11 is 0. The lowest BCUT2D eigenvalue weighted by molar-refractivity contribution is -0.142. The molecule has 1 rings (SSSR count). The lowest BCUT2D eigenvalue weighted by Crippen LogP contribution is -2.48. The number of carbonyl (C=O) groups is 2. The summed E-state index contributed by atoms with van der Waals surface area (Å²) < 4.78 is 0. The monoisotopic (exact) mass is 284 g/mol. The van der Waals surface area contributed by atoms with Crippen molar-refractivity contribution >= 4 is 12.0 Å². The largest absolute Gasteiger partial charge is 0.481 e. The van der Waals surface area contributed by atoms with Gasteiger partial charge in [0, 0.05) is 6.04 Å². The van der Waals surface area contributed by atoms with E-state index in [0.717, 1.165) is 0 Å². The smallest absolute Gasteiger partial charge is 0.315 e. The van der Waals surface area contributed by atoms with Crippen molar-refractivity contribution in [1.82, 2.24) is 10.6 Å². The highest BCUT2D eigenvalue weighted by molar-refractivity contribution is 5.74. The first kappa shape index (κ1) is 16.5. The van der Waals surface area contributed by atoms with Gasteiger partial charge < -0.3 is 20.8 Å². The fraction of sp³-hybridized carbons (Fsp3) is 0.714.